The van der Waals surface area contributed by atoms with Gasteiger partial charge in [-0.2, -0.15) is 0 Å². The van der Waals surface area contributed by atoms with Gasteiger partial charge in [-0.05, 0) is 26.2 Å². The number of esters is 3. The Labute approximate surface area is 171 Å². The van der Waals surface area contributed by atoms with E-state index in [1.807, 2.05) is 13.8 Å². The molecular weight excluding hydrogens is 376 g/mol. The van der Waals surface area contributed by atoms with Gasteiger partial charge in [-0.3, -0.25) is 4.79 Å². The molecule has 8 atom stereocenters. The second-order valence-corrected chi connectivity index (χ2v) is 8.80. The van der Waals surface area contributed by atoms with Crippen LogP contribution in [0.1, 0.15) is 47.5 Å². The van der Waals surface area contributed by atoms with Crippen LogP contribution in [-0.4, -0.2) is 47.4 Å². The van der Waals surface area contributed by atoms with Gasteiger partial charge >= 0.3 is 17.9 Å². The van der Waals surface area contributed by atoms with E-state index in [4.69, 9.17) is 14.2 Å². The zero-order valence-corrected chi connectivity index (χ0v) is 17.6. The minimum Gasteiger partial charge on any atom is -0.461 e. The molecule has 0 aromatic heterocycles. The number of allylic oxidation sites excluding steroid dienone is 1. The fraction of sp³-hybridized carbons (Fsp3) is 0.682. The van der Waals surface area contributed by atoms with Crippen LogP contribution in [0.4, 0.5) is 0 Å². The van der Waals surface area contributed by atoms with Crippen molar-refractivity contribution in [2.24, 2.45) is 23.2 Å². The predicted molar refractivity (Wildman–Crippen MR) is 103 cm³/mol. The summed E-state index contributed by atoms with van der Waals surface area (Å²) in [6.07, 6.45) is -0.281. The van der Waals surface area contributed by atoms with E-state index in [2.05, 4.69) is 6.58 Å². The van der Waals surface area contributed by atoms with Crippen LogP contribution in [0.15, 0.2) is 23.8 Å². The summed E-state index contributed by atoms with van der Waals surface area (Å²) in [6.45, 7) is 12.5. The van der Waals surface area contributed by atoms with Crippen molar-refractivity contribution < 1.29 is 33.7 Å². The van der Waals surface area contributed by atoms with E-state index in [0.717, 1.165) is 0 Å². The van der Waals surface area contributed by atoms with Gasteiger partial charge in [-0.25, -0.2) is 9.59 Å². The molecule has 0 radical (unpaired) electrons. The molecule has 1 N–H and O–H groups in total. The molecule has 7 heteroatoms. The second kappa shape index (κ2) is 7.59. The minimum atomic E-state index is -0.920. The zero-order valence-electron chi connectivity index (χ0n) is 17.6. The molecule has 1 saturated heterocycles. The van der Waals surface area contributed by atoms with Gasteiger partial charge in [0.1, 0.15) is 18.3 Å². The Hall–Kier alpha value is -2.15. The van der Waals surface area contributed by atoms with E-state index in [0.29, 0.717) is 12.0 Å². The standard InChI is InChI=1S/C22H30O7/c1-7-10(2)20(25)29-15-9-16(24)22(6)18(15)11(3)8-14-17(12(4)21(26)28-14)19(22)27-13(5)23/h7,11,14-19,24H,4,8-9H2,1-3,5-6H3. The summed E-state index contributed by atoms with van der Waals surface area (Å²) < 4.78 is 17.0. The lowest BCUT2D eigenvalue weighted by atomic mass is 9.66. The third-order valence-corrected chi connectivity index (χ3v) is 7.08. The van der Waals surface area contributed by atoms with Gasteiger partial charge in [-0.1, -0.05) is 26.5 Å². The molecule has 160 valence electrons. The van der Waals surface area contributed by atoms with Crippen LogP contribution in [-0.2, 0) is 28.6 Å². The fourth-order valence-electron chi connectivity index (χ4n) is 5.57. The van der Waals surface area contributed by atoms with Gasteiger partial charge in [0.15, 0.2) is 0 Å². The number of carbonyl (C=O) groups excluding carboxylic acids is 3. The zero-order chi connectivity index (χ0) is 21.7. The van der Waals surface area contributed by atoms with Crippen molar-refractivity contribution in [3.8, 4) is 0 Å². The summed E-state index contributed by atoms with van der Waals surface area (Å²) >= 11 is 0. The summed E-state index contributed by atoms with van der Waals surface area (Å²) in [7, 11) is 0. The predicted octanol–water partition coefficient (Wildman–Crippen LogP) is 2.32. The van der Waals surface area contributed by atoms with E-state index < -0.39 is 53.7 Å². The molecule has 0 spiro atoms. The van der Waals surface area contributed by atoms with Crippen molar-refractivity contribution in [1.29, 1.82) is 0 Å². The average molecular weight is 406 g/mol. The third-order valence-electron chi connectivity index (χ3n) is 7.08. The first-order chi connectivity index (χ1) is 13.5. The van der Waals surface area contributed by atoms with Crippen molar-refractivity contribution in [1.82, 2.24) is 0 Å². The molecule has 2 saturated carbocycles. The lowest BCUT2D eigenvalue weighted by molar-refractivity contribution is -0.170. The molecule has 3 rings (SSSR count). The van der Waals surface area contributed by atoms with E-state index in [9.17, 15) is 19.5 Å². The fourth-order valence-corrected chi connectivity index (χ4v) is 5.57. The molecule has 1 aliphatic heterocycles. The number of aliphatic hydroxyl groups excluding tert-OH is 1. The molecule has 3 aliphatic rings. The number of hydrogen-bond donors (Lipinski definition) is 1. The maximum Gasteiger partial charge on any atom is 0.334 e. The number of aliphatic hydroxyl groups is 1. The van der Waals surface area contributed by atoms with E-state index in [1.165, 1.54) is 6.92 Å². The Morgan fingerprint density at radius 2 is 1.93 bits per heavy atom. The molecule has 0 aromatic carbocycles. The molecule has 29 heavy (non-hydrogen) atoms. The first-order valence-electron chi connectivity index (χ1n) is 10.1. The number of fused-ring (bicyclic) bond motifs is 2. The summed E-state index contributed by atoms with van der Waals surface area (Å²) in [5, 5.41) is 11.1. The van der Waals surface area contributed by atoms with Crippen LogP contribution < -0.4 is 0 Å². The molecule has 8 unspecified atom stereocenters. The number of ether oxygens (including phenoxy) is 3. The van der Waals surface area contributed by atoms with Crippen LogP contribution >= 0.6 is 0 Å². The molecular formula is C22H30O7. The van der Waals surface area contributed by atoms with Crippen molar-refractivity contribution in [3.63, 3.8) is 0 Å². The number of rotatable bonds is 3. The molecule has 0 aromatic rings. The smallest absolute Gasteiger partial charge is 0.334 e. The van der Waals surface area contributed by atoms with Crippen LogP contribution in [0.3, 0.4) is 0 Å². The second-order valence-electron chi connectivity index (χ2n) is 8.80. The maximum atomic E-state index is 12.4. The lowest BCUT2D eigenvalue weighted by Gasteiger charge is -2.43. The third kappa shape index (κ3) is 3.39. The number of carbonyl (C=O) groups is 3. The Bertz CT molecular complexity index is 769. The van der Waals surface area contributed by atoms with E-state index in [-0.39, 0.29) is 23.8 Å². The highest BCUT2D eigenvalue weighted by molar-refractivity contribution is 5.91. The molecule has 2 aliphatic carbocycles. The molecule has 1 heterocycles. The normalized spacial score (nSPS) is 41.9. The lowest BCUT2D eigenvalue weighted by Crippen LogP contribution is -2.51. The number of hydrogen-bond acceptors (Lipinski definition) is 7. The summed E-state index contributed by atoms with van der Waals surface area (Å²) in [5.74, 6) is -2.28. The quantitative estimate of drug-likeness (QED) is 0.436. The van der Waals surface area contributed by atoms with Crippen LogP contribution in [0, 0.1) is 23.2 Å². The highest BCUT2D eigenvalue weighted by Gasteiger charge is 2.66. The molecule has 7 nitrogen and oxygen atoms in total. The van der Waals surface area contributed by atoms with E-state index >= 15 is 0 Å². The average Bonchev–Trinajstić information content (AvgIpc) is 3.02. The summed E-state index contributed by atoms with van der Waals surface area (Å²) in [5.41, 5.74) is -0.172. The van der Waals surface area contributed by atoms with Crippen molar-refractivity contribution in [2.75, 3.05) is 0 Å². The van der Waals surface area contributed by atoms with Gasteiger partial charge in [-0.15, -0.1) is 0 Å². The van der Waals surface area contributed by atoms with Gasteiger partial charge in [0, 0.05) is 35.8 Å². The largest absolute Gasteiger partial charge is 0.461 e. The van der Waals surface area contributed by atoms with Gasteiger partial charge in [0.2, 0.25) is 0 Å². The Kier molecular flexibility index (Phi) is 5.64. The van der Waals surface area contributed by atoms with Crippen LogP contribution in [0.2, 0.25) is 0 Å². The van der Waals surface area contributed by atoms with Gasteiger partial charge in [0.25, 0.3) is 0 Å². The van der Waals surface area contributed by atoms with Crippen molar-refractivity contribution in [2.45, 2.75) is 71.9 Å². The van der Waals surface area contributed by atoms with Crippen molar-refractivity contribution in [3.05, 3.63) is 23.8 Å². The summed E-state index contributed by atoms with van der Waals surface area (Å²) in [4.78, 5) is 36.6. The SMILES string of the molecule is C=C1C(=O)OC2CC(C)C3C(OC(=O)C(C)=CC)CC(O)C3(C)C(OC(C)=O)C12. The first-order valence-corrected chi connectivity index (χ1v) is 10.1. The minimum absolute atomic E-state index is 0.0485. The molecule has 3 fully saturated rings. The Morgan fingerprint density at radius 3 is 2.52 bits per heavy atom. The highest BCUT2D eigenvalue weighted by Crippen LogP contribution is 2.58. The van der Waals surface area contributed by atoms with Crippen LogP contribution in [0.25, 0.3) is 0 Å². The highest BCUT2D eigenvalue weighted by atomic mass is 16.6. The van der Waals surface area contributed by atoms with Gasteiger partial charge in [0.05, 0.1) is 12.0 Å². The molecule has 0 amide bonds. The monoisotopic (exact) mass is 406 g/mol. The van der Waals surface area contributed by atoms with E-state index in [1.54, 1.807) is 19.9 Å². The van der Waals surface area contributed by atoms with Crippen molar-refractivity contribution >= 4 is 17.9 Å². The van der Waals surface area contributed by atoms with Crippen LogP contribution in [0.5, 0.6) is 0 Å². The molecule has 0 bridgehead atoms. The maximum absolute atomic E-state index is 12.4. The summed E-state index contributed by atoms with van der Waals surface area (Å²) in [6, 6.07) is 0. The first kappa shape index (κ1) is 21.6. The van der Waals surface area contributed by atoms with Gasteiger partial charge < -0.3 is 19.3 Å². The Morgan fingerprint density at radius 1 is 1.28 bits per heavy atom. The topological polar surface area (TPSA) is 99.1 Å². The Balaban J connectivity index is 2.05.